The zero-order valence-corrected chi connectivity index (χ0v) is 11.0. The van der Waals surface area contributed by atoms with Crippen LogP contribution in [0.2, 0.25) is 0 Å². The van der Waals surface area contributed by atoms with Crippen LogP contribution in [-0.4, -0.2) is 29.9 Å². The van der Waals surface area contributed by atoms with E-state index >= 15 is 0 Å². The number of halogens is 2. The van der Waals surface area contributed by atoms with Crippen molar-refractivity contribution in [1.82, 2.24) is 0 Å². The Balaban J connectivity index is 2.98. The molecule has 0 aliphatic carbocycles. The Labute approximate surface area is 114 Å². The molecule has 0 radical (unpaired) electrons. The fraction of sp³-hybridized carbons (Fsp3) is 0.462. The van der Waals surface area contributed by atoms with Crippen LogP contribution in [0.15, 0.2) is 18.2 Å². The Morgan fingerprint density at radius 2 is 2.00 bits per heavy atom. The summed E-state index contributed by atoms with van der Waals surface area (Å²) in [6.45, 7) is -1.47. The minimum Gasteiger partial charge on any atom is -0.493 e. The number of hydrogen-bond donors (Lipinski definition) is 2. The molecule has 0 fully saturated rings. The number of aliphatic carboxylic acids is 1. The van der Waals surface area contributed by atoms with E-state index in [1.165, 1.54) is 25.3 Å². The zero-order chi connectivity index (χ0) is 15.3. The molecule has 0 saturated carbocycles. The van der Waals surface area contributed by atoms with E-state index in [2.05, 4.69) is 4.74 Å². The highest BCUT2D eigenvalue weighted by molar-refractivity contribution is 5.67. The molecule has 0 heterocycles. The number of aliphatic hydroxyl groups excluding tert-OH is 1. The number of alkyl halides is 2. The lowest BCUT2D eigenvalue weighted by Crippen LogP contribution is -2.14. The van der Waals surface area contributed by atoms with E-state index in [0.717, 1.165) is 0 Å². The molecule has 2 N–H and O–H groups in total. The second-order valence-corrected chi connectivity index (χ2v) is 4.31. The first-order valence-electron chi connectivity index (χ1n) is 5.87. The molecular formula is C13H16F2O5. The normalized spacial score (nSPS) is 13.9. The van der Waals surface area contributed by atoms with Crippen molar-refractivity contribution in [2.75, 3.05) is 7.11 Å². The topological polar surface area (TPSA) is 76.0 Å². The Bertz CT molecular complexity index is 464. The monoisotopic (exact) mass is 290 g/mol. The third-order valence-corrected chi connectivity index (χ3v) is 2.78. The van der Waals surface area contributed by atoms with Gasteiger partial charge in [-0.1, -0.05) is 13.0 Å². The maximum Gasteiger partial charge on any atom is 0.387 e. The molecule has 1 aromatic carbocycles. The van der Waals surface area contributed by atoms with Crippen LogP contribution >= 0.6 is 0 Å². The van der Waals surface area contributed by atoms with Crippen molar-refractivity contribution in [2.45, 2.75) is 26.1 Å². The number of rotatable bonds is 7. The number of methoxy groups -OCH3 is 1. The molecule has 0 saturated heterocycles. The molecule has 2 atom stereocenters. The second-order valence-electron chi connectivity index (χ2n) is 4.31. The van der Waals surface area contributed by atoms with Gasteiger partial charge in [-0.2, -0.15) is 8.78 Å². The highest BCUT2D eigenvalue weighted by atomic mass is 19.3. The van der Waals surface area contributed by atoms with Crippen molar-refractivity contribution in [3.05, 3.63) is 23.8 Å². The fourth-order valence-corrected chi connectivity index (χ4v) is 1.78. The molecule has 7 heteroatoms. The zero-order valence-electron chi connectivity index (χ0n) is 11.0. The van der Waals surface area contributed by atoms with Gasteiger partial charge in [0.25, 0.3) is 0 Å². The third kappa shape index (κ3) is 4.34. The highest BCUT2D eigenvalue weighted by Crippen LogP contribution is 2.34. The maximum absolute atomic E-state index is 12.3. The summed E-state index contributed by atoms with van der Waals surface area (Å²) in [4.78, 5) is 10.6. The van der Waals surface area contributed by atoms with Crippen LogP contribution in [0, 0.1) is 5.92 Å². The average Bonchev–Trinajstić information content (AvgIpc) is 2.36. The number of hydrogen-bond acceptors (Lipinski definition) is 4. The van der Waals surface area contributed by atoms with Gasteiger partial charge in [0.05, 0.1) is 19.6 Å². The summed E-state index contributed by atoms with van der Waals surface area (Å²) in [5.41, 5.74) is 0.287. The summed E-state index contributed by atoms with van der Waals surface area (Å²) >= 11 is 0. The van der Waals surface area contributed by atoms with Gasteiger partial charge in [0.1, 0.15) is 0 Å². The van der Waals surface area contributed by atoms with E-state index in [-0.39, 0.29) is 23.5 Å². The predicted molar refractivity (Wildman–Crippen MR) is 66.0 cm³/mol. The Kier molecular flexibility index (Phi) is 5.69. The van der Waals surface area contributed by atoms with Crippen molar-refractivity contribution in [2.24, 2.45) is 5.92 Å². The fourth-order valence-electron chi connectivity index (χ4n) is 1.78. The van der Waals surface area contributed by atoms with Gasteiger partial charge < -0.3 is 19.7 Å². The molecule has 1 aromatic rings. The van der Waals surface area contributed by atoms with Crippen molar-refractivity contribution in [1.29, 1.82) is 0 Å². The largest absolute Gasteiger partial charge is 0.493 e. The molecule has 5 nitrogen and oxygen atoms in total. The van der Waals surface area contributed by atoms with Gasteiger partial charge in [-0.25, -0.2) is 0 Å². The van der Waals surface area contributed by atoms with E-state index in [0.29, 0.717) is 0 Å². The van der Waals surface area contributed by atoms with Crippen LogP contribution in [0.1, 0.15) is 25.0 Å². The van der Waals surface area contributed by atoms with Gasteiger partial charge in [-0.3, -0.25) is 4.79 Å². The summed E-state index contributed by atoms with van der Waals surface area (Å²) in [6, 6.07) is 4.07. The van der Waals surface area contributed by atoms with Gasteiger partial charge in [0.2, 0.25) is 0 Å². The summed E-state index contributed by atoms with van der Waals surface area (Å²) in [5.74, 6) is -1.72. The lowest BCUT2D eigenvalue weighted by molar-refractivity contribution is -0.139. The quantitative estimate of drug-likeness (QED) is 0.806. The van der Waals surface area contributed by atoms with E-state index in [1.54, 1.807) is 6.92 Å². The van der Waals surface area contributed by atoms with Crippen molar-refractivity contribution in [3.63, 3.8) is 0 Å². The summed E-state index contributed by atoms with van der Waals surface area (Å²) in [7, 11) is 1.30. The molecule has 0 aliphatic rings. The Hall–Kier alpha value is -1.89. The number of carbonyl (C=O) groups is 1. The molecule has 0 amide bonds. The second kappa shape index (κ2) is 7.04. The van der Waals surface area contributed by atoms with Crippen LogP contribution in [0.5, 0.6) is 11.5 Å². The molecule has 20 heavy (non-hydrogen) atoms. The molecule has 0 bridgehead atoms. The van der Waals surface area contributed by atoms with Crippen molar-refractivity contribution >= 4 is 5.97 Å². The maximum atomic E-state index is 12.3. The first-order chi connectivity index (χ1) is 9.35. The van der Waals surface area contributed by atoms with Gasteiger partial charge in [-0.05, 0) is 23.6 Å². The van der Waals surface area contributed by atoms with Crippen LogP contribution < -0.4 is 9.47 Å². The van der Waals surface area contributed by atoms with Gasteiger partial charge >= 0.3 is 12.6 Å². The van der Waals surface area contributed by atoms with Crippen molar-refractivity contribution in [3.8, 4) is 11.5 Å². The Morgan fingerprint density at radius 3 is 2.50 bits per heavy atom. The molecular weight excluding hydrogens is 274 g/mol. The molecule has 0 aromatic heterocycles. The summed E-state index contributed by atoms with van der Waals surface area (Å²) in [5, 5.41) is 18.7. The van der Waals surface area contributed by atoms with E-state index in [9.17, 15) is 18.7 Å². The number of carboxylic acid groups (broad SMARTS) is 1. The summed E-state index contributed by atoms with van der Waals surface area (Å²) in [6.07, 6.45) is -1.34. The van der Waals surface area contributed by atoms with E-state index in [1.807, 2.05) is 0 Å². The lowest BCUT2D eigenvalue weighted by atomic mass is 9.94. The molecule has 0 aliphatic heterocycles. The van der Waals surface area contributed by atoms with Crippen LogP contribution in [0.3, 0.4) is 0 Å². The standard InChI is InChI=1S/C13H16F2O5/c1-7(5-11(16)17)12(18)8-3-4-9(19-2)10(6-8)20-13(14)15/h3-4,6-7,12-13,18H,5H2,1-2H3,(H,16,17). The summed E-state index contributed by atoms with van der Waals surface area (Å²) < 4.78 is 33.7. The first kappa shape index (κ1) is 16.2. The van der Waals surface area contributed by atoms with Crippen molar-refractivity contribution < 1.29 is 33.3 Å². The van der Waals surface area contributed by atoms with E-state index in [4.69, 9.17) is 9.84 Å². The van der Waals surface area contributed by atoms with Crippen LogP contribution in [-0.2, 0) is 4.79 Å². The SMILES string of the molecule is COc1ccc(C(O)C(C)CC(=O)O)cc1OC(F)F. The highest BCUT2D eigenvalue weighted by Gasteiger charge is 2.21. The van der Waals surface area contributed by atoms with Gasteiger partial charge in [-0.15, -0.1) is 0 Å². The number of ether oxygens (including phenoxy) is 2. The molecule has 112 valence electrons. The molecule has 0 spiro atoms. The minimum absolute atomic E-state index is 0.104. The minimum atomic E-state index is -3.02. The molecule has 1 rings (SSSR count). The van der Waals surface area contributed by atoms with Gasteiger partial charge in [0.15, 0.2) is 11.5 Å². The van der Waals surface area contributed by atoms with E-state index < -0.39 is 24.6 Å². The predicted octanol–water partition coefficient (Wildman–Crippen LogP) is 2.44. The molecule has 2 unspecified atom stereocenters. The third-order valence-electron chi connectivity index (χ3n) is 2.78. The van der Waals surface area contributed by atoms with Gasteiger partial charge in [0, 0.05) is 0 Å². The number of aliphatic hydroxyl groups is 1. The number of carboxylic acids is 1. The van der Waals surface area contributed by atoms with Crippen LogP contribution in [0.4, 0.5) is 8.78 Å². The first-order valence-corrected chi connectivity index (χ1v) is 5.87. The average molecular weight is 290 g/mol. The number of benzene rings is 1. The van der Waals surface area contributed by atoms with Crippen LogP contribution in [0.25, 0.3) is 0 Å². The Morgan fingerprint density at radius 1 is 1.35 bits per heavy atom. The smallest absolute Gasteiger partial charge is 0.387 e. The lowest BCUT2D eigenvalue weighted by Gasteiger charge is -2.19.